The van der Waals surface area contributed by atoms with Gasteiger partial charge in [0.15, 0.2) is 0 Å². The van der Waals surface area contributed by atoms with Gasteiger partial charge in [0, 0.05) is 3.57 Å². The van der Waals surface area contributed by atoms with E-state index in [1.807, 2.05) is 34.7 Å². The van der Waals surface area contributed by atoms with Gasteiger partial charge in [-0.2, -0.15) is 0 Å². The summed E-state index contributed by atoms with van der Waals surface area (Å²) in [7, 11) is 0. The summed E-state index contributed by atoms with van der Waals surface area (Å²) < 4.78 is 14.2. The van der Waals surface area contributed by atoms with E-state index in [-0.39, 0.29) is 5.82 Å². The van der Waals surface area contributed by atoms with Crippen molar-refractivity contribution in [3.8, 4) is 0 Å². The smallest absolute Gasteiger partial charge is 0.136 e. The van der Waals surface area contributed by atoms with E-state index in [0.29, 0.717) is 3.57 Å². The molecule has 0 saturated carbocycles. The van der Waals surface area contributed by atoms with E-state index >= 15 is 0 Å². The van der Waals surface area contributed by atoms with Crippen LogP contribution in [0.5, 0.6) is 0 Å². The van der Waals surface area contributed by atoms with E-state index in [2.05, 4.69) is 42.5 Å². The van der Waals surface area contributed by atoms with E-state index in [0.717, 1.165) is 18.4 Å². The molecule has 0 aliphatic carbocycles. The zero-order valence-electron chi connectivity index (χ0n) is 10.9. The Balaban J connectivity index is 1.77. The number of fused-ring (bicyclic) bond motifs is 1. The molecule has 20 heavy (non-hydrogen) atoms. The molecule has 0 atom stereocenters. The second kappa shape index (κ2) is 5.92. The lowest BCUT2D eigenvalue weighted by Gasteiger charge is -2.05. The van der Waals surface area contributed by atoms with Gasteiger partial charge in [0.1, 0.15) is 5.82 Å². The van der Waals surface area contributed by atoms with Gasteiger partial charge in [0.05, 0.1) is 0 Å². The van der Waals surface area contributed by atoms with Crippen molar-refractivity contribution < 1.29 is 4.39 Å². The first-order valence-corrected chi connectivity index (χ1v) is 7.72. The summed E-state index contributed by atoms with van der Waals surface area (Å²) in [5, 5.41) is 2.52. The molecule has 3 rings (SSSR count). The Hall–Kier alpha value is -1.42. The standard InChI is InChI=1S/C18H14FI/c19-17-12-14(8-10-18(17)20)6-5-13-7-9-15-3-1-2-4-16(15)11-13/h1-4,7-12H,5-6H2. The maximum atomic E-state index is 13.5. The van der Waals surface area contributed by atoms with Crippen molar-refractivity contribution in [1.29, 1.82) is 0 Å². The summed E-state index contributed by atoms with van der Waals surface area (Å²) >= 11 is 2.02. The predicted molar refractivity (Wildman–Crippen MR) is 90.5 cm³/mol. The number of hydrogen-bond acceptors (Lipinski definition) is 0. The molecule has 2 heteroatoms. The summed E-state index contributed by atoms with van der Waals surface area (Å²) in [6.45, 7) is 0. The highest BCUT2D eigenvalue weighted by Crippen LogP contribution is 2.18. The second-order valence-electron chi connectivity index (χ2n) is 4.93. The maximum absolute atomic E-state index is 13.5. The van der Waals surface area contributed by atoms with Gasteiger partial charge in [-0.15, -0.1) is 0 Å². The third-order valence-corrected chi connectivity index (χ3v) is 4.38. The van der Waals surface area contributed by atoms with Crippen molar-refractivity contribution in [2.45, 2.75) is 12.8 Å². The second-order valence-corrected chi connectivity index (χ2v) is 6.09. The molecular formula is C18H14FI. The quantitative estimate of drug-likeness (QED) is 0.540. The van der Waals surface area contributed by atoms with E-state index in [9.17, 15) is 4.39 Å². The first-order valence-electron chi connectivity index (χ1n) is 6.64. The van der Waals surface area contributed by atoms with Crippen molar-refractivity contribution >= 4 is 33.4 Å². The lowest BCUT2D eigenvalue weighted by atomic mass is 10.0. The van der Waals surface area contributed by atoms with Gasteiger partial charge in [-0.25, -0.2) is 4.39 Å². The van der Waals surface area contributed by atoms with Gasteiger partial charge in [0.2, 0.25) is 0 Å². The summed E-state index contributed by atoms with van der Waals surface area (Å²) in [4.78, 5) is 0. The van der Waals surface area contributed by atoms with Crippen LogP contribution in [-0.2, 0) is 12.8 Å². The molecule has 0 N–H and O–H groups in total. The molecule has 0 spiro atoms. The molecule has 0 nitrogen and oxygen atoms in total. The Morgan fingerprint density at radius 2 is 1.40 bits per heavy atom. The molecular weight excluding hydrogens is 362 g/mol. The number of rotatable bonds is 3. The Kier molecular flexibility index (Phi) is 4.01. The molecule has 0 aliphatic heterocycles. The zero-order valence-corrected chi connectivity index (χ0v) is 13.1. The highest BCUT2D eigenvalue weighted by Gasteiger charge is 2.02. The number of benzene rings is 3. The number of halogens is 2. The van der Waals surface area contributed by atoms with E-state index < -0.39 is 0 Å². The van der Waals surface area contributed by atoms with Crippen LogP contribution < -0.4 is 0 Å². The van der Waals surface area contributed by atoms with E-state index in [1.165, 1.54) is 16.3 Å². The summed E-state index contributed by atoms with van der Waals surface area (Å²) in [5.74, 6) is -0.124. The van der Waals surface area contributed by atoms with Crippen LogP contribution in [0.15, 0.2) is 60.7 Å². The minimum atomic E-state index is -0.124. The fourth-order valence-corrected chi connectivity index (χ4v) is 2.71. The molecule has 0 amide bonds. The van der Waals surface area contributed by atoms with Crippen molar-refractivity contribution in [3.05, 3.63) is 81.2 Å². The molecule has 0 aliphatic rings. The van der Waals surface area contributed by atoms with Gasteiger partial charge < -0.3 is 0 Å². The van der Waals surface area contributed by atoms with Crippen LogP contribution in [0.4, 0.5) is 4.39 Å². The lowest BCUT2D eigenvalue weighted by Crippen LogP contribution is -1.93. The summed E-state index contributed by atoms with van der Waals surface area (Å²) in [6.07, 6.45) is 1.80. The molecule has 0 unspecified atom stereocenters. The van der Waals surface area contributed by atoms with Crippen molar-refractivity contribution in [2.75, 3.05) is 0 Å². The molecule has 0 saturated heterocycles. The average molecular weight is 376 g/mol. The fourth-order valence-electron chi connectivity index (χ4n) is 2.38. The fraction of sp³-hybridized carbons (Fsp3) is 0.111. The first-order chi connectivity index (χ1) is 9.72. The SMILES string of the molecule is Fc1cc(CCc2ccc3ccccc3c2)ccc1I. The maximum Gasteiger partial charge on any atom is 0.136 e. The molecule has 0 heterocycles. The molecule has 0 aromatic heterocycles. The average Bonchev–Trinajstić information content (AvgIpc) is 2.48. The Labute approximate surface area is 131 Å². The third-order valence-electron chi connectivity index (χ3n) is 3.50. The molecule has 3 aromatic rings. The highest BCUT2D eigenvalue weighted by atomic mass is 127. The van der Waals surface area contributed by atoms with E-state index in [4.69, 9.17) is 0 Å². The van der Waals surface area contributed by atoms with E-state index in [1.54, 1.807) is 6.07 Å². The minimum Gasteiger partial charge on any atom is -0.206 e. The predicted octanol–water partition coefficient (Wildman–Crippen LogP) is 5.37. The minimum absolute atomic E-state index is 0.124. The van der Waals surface area contributed by atoms with Crippen LogP contribution in [0.3, 0.4) is 0 Å². The lowest BCUT2D eigenvalue weighted by molar-refractivity contribution is 0.617. The Morgan fingerprint density at radius 1 is 0.750 bits per heavy atom. The number of aryl methyl sites for hydroxylation is 2. The molecule has 0 bridgehead atoms. The molecule has 0 radical (unpaired) electrons. The van der Waals surface area contributed by atoms with Crippen LogP contribution in [0, 0.1) is 9.39 Å². The topological polar surface area (TPSA) is 0 Å². The van der Waals surface area contributed by atoms with Crippen molar-refractivity contribution in [3.63, 3.8) is 0 Å². The van der Waals surface area contributed by atoms with Gasteiger partial charge >= 0.3 is 0 Å². The Bertz CT molecular complexity index is 749. The normalized spacial score (nSPS) is 10.9. The highest BCUT2D eigenvalue weighted by molar-refractivity contribution is 14.1. The summed E-state index contributed by atoms with van der Waals surface area (Å²) in [5.41, 5.74) is 2.35. The summed E-state index contributed by atoms with van der Waals surface area (Å²) in [6, 6.07) is 20.4. The largest absolute Gasteiger partial charge is 0.206 e. The van der Waals surface area contributed by atoms with Crippen LogP contribution >= 0.6 is 22.6 Å². The number of hydrogen-bond donors (Lipinski definition) is 0. The van der Waals surface area contributed by atoms with Crippen LogP contribution in [-0.4, -0.2) is 0 Å². The molecule has 0 fully saturated rings. The van der Waals surface area contributed by atoms with Crippen LogP contribution in [0.25, 0.3) is 10.8 Å². The van der Waals surface area contributed by atoms with Crippen molar-refractivity contribution in [2.24, 2.45) is 0 Å². The van der Waals surface area contributed by atoms with Crippen molar-refractivity contribution in [1.82, 2.24) is 0 Å². The zero-order chi connectivity index (χ0) is 13.9. The first kappa shape index (κ1) is 13.6. The molecule has 3 aromatic carbocycles. The Morgan fingerprint density at radius 3 is 2.15 bits per heavy atom. The van der Waals surface area contributed by atoms with Crippen LogP contribution in [0.2, 0.25) is 0 Å². The molecule has 100 valence electrons. The van der Waals surface area contributed by atoms with Gasteiger partial charge in [-0.1, -0.05) is 48.5 Å². The van der Waals surface area contributed by atoms with Gasteiger partial charge in [-0.3, -0.25) is 0 Å². The van der Waals surface area contributed by atoms with Crippen LogP contribution in [0.1, 0.15) is 11.1 Å². The van der Waals surface area contributed by atoms with Gasteiger partial charge in [-0.05, 0) is 69.5 Å². The monoisotopic (exact) mass is 376 g/mol. The third kappa shape index (κ3) is 3.01. The van der Waals surface area contributed by atoms with Gasteiger partial charge in [0.25, 0.3) is 0 Å².